The smallest absolute Gasteiger partial charge is 0.252 e. The minimum Gasteiger partial charge on any atom is -0.354 e. The maximum atomic E-state index is 11.9. The summed E-state index contributed by atoms with van der Waals surface area (Å²) in [5, 5.41) is 6.11. The molecule has 0 saturated heterocycles. The van der Waals surface area contributed by atoms with Gasteiger partial charge in [-0.25, -0.2) is 0 Å². The zero-order valence-electron chi connectivity index (χ0n) is 11.6. The second-order valence-corrected chi connectivity index (χ2v) is 4.56. The summed E-state index contributed by atoms with van der Waals surface area (Å²) in [6, 6.07) is 11.6. The van der Waals surface area contributed by atoms with E-state index in [0.29, 0.717) is 12.1 Å². The highest BCUT2D eigenvalue weighted by molar-refractivity contribution is 5.94. The van der Waals surface area contributed by atoms with Crippen molar-refractivity contribution < 1.29 is 4.79 Å². The van der Waals surface area contributed by atoms with Gasteiger partial charge in [0.25, 0.3) is 5.91 Å². The van der Waals surface area contributed by atoms with Crippen LogP contribution >= 0.6 is 0 Å². The Morgan fingerprint density at radius 2 is 1.95 bits per heavy atom. The standard InChI is InChI=1S/C16H19N3O/c1-2-3-9-18-16(20)13-10-15(12-17-11-13)19-14-7-5-4-6-8-14/h4-8,10-12,19H,2-3,9H2,1H3,(H,18,20). The molecule has 20 heavy (non-hydrogen) atoms. The molecule has 1 heterocycles. The molecule has 0 fully saturated rings. The number of unbranched alkanes of at least 4 members (excludes halogenated alkanes) is 1. The van der Waals surface area contributed by atoms with Crippen LogP contribution in [0.5, 0.6) is 0 Å². The van der Waals surface area contributed by atoms with Gasteiger partial charge in [0.2, 0.25) is 0 Å². The number of benzene rings is 1. The number of carbonyl (C=O) groups excluding carboxylic acids is 1. The summed E-state index contributed by atoms with van der Waals surface area (Å²) in [6.07, 6.45) is 5.34. The first kappa shape index (κ1) is 14.1. The molecule has 0 aliphatic heterocycles. The second-order valence-electron chi connectivity index (χ2n) is 4.56. The largest absolute Gasteiger partial charge is 0.354 e. The number of amides is 1. The number of pyridine rings is 1. The Bertz CT molecular complexity index is 555. The molecule has 2 aromatic rings. The van der Waals surface area contributed by atoms with E-state index in [0.717, 1.165) is 24.2 Å². The van der Waals surface area contributed by atoms with Gasteiger partial charge in [-0.3, -0.25) is 9.78 Å². The lowest BCUT2D eigenvalue weighted by Crippen LogP contribution is -2.24. The van der Waals surface area contributed by atoms with Crippen molar-refractivity contribution in [1.29, 1.82) is 0 Å². The summed E-state index contributed by atoms with van der Waals surface area (Å²) in [7, 11) is 0. The van der Waals surface area contributed by atoms with E-state index in [1.165, 1.54) is 0 Å². The summed E-state index contributed by atoms with van der Waals surface area (Å²) in [6.45, 7) is 2.80. The highest BCUT2D eigenvalue weighted by atomic mass is 16.1. The zero-order chi connectivity index (χ0) is 14.2. The molecule has 2 N–H and O–H groups in total. The quantitative estimate of drug-likeness (QED) is 0.791. The van der Waals surface area contributed by atoms with E-state index in [1.807, 2.05) is 30.3 Å². The Morgan fingerprint density at radius 3 is 2.70 bits per heavy atom. The van der Waals surface area contributed by atoms with Crippen molar-refractivity contribution in [3.63, 3.8) is 0 Å². The Kier molecular flexibility index (Phi) is 5.12. The highest BCUT2D eigenvalue weighted by Crippen LogP contribution is 2.16. The number of aromatic nitrogens is 1. The minimum atomic E-state index is -0.0809. The van der Waals surface area contributed by atoms with Crippen LogP contribution in [0.1, 0.15) is 30.1 Å². The van der Waals surface area contributed by atoms with Crippen LogP contribution < -0.4 is 10.6 Å². The van der Waals surface area contributed by atoms with Crippen LogP contribution in [-0.4, -0.2) is 17.4 Å². The fourth-order valence-corrected chi connectivity index (χ4v) is 1.80. The predicted octanol–water partition coefficient (Wildman–Crippen LogP) is 3.36. The first-order valence-electron chi connectivity index (χ1n) is 6.85. The molecule has 2 rings (SSSR count). The van der Waals surface area contributed by atoms with Gasteiger partial charge in [-0.2, -0.15) is 0 Å². The number of anilines is 2. The maximum absolute atomic E-state index is 11.9. The van der Waals surface area contributed by atoms with Crippen molar-refractivity contribution in [2.75, 3.05) is 11.9 Å². The number of nitrogens with zero attached hydrogens (tertiary/aromatic N) is 1. The average molecular weight is 269 g/mol. The molecule has 1 aromatic heterocycles. The molecule has 0 atom stereocenters. The number of hydrogen-bond donors (Lipinski definition) is 2. The van der Waals surface area contributed by atoms with Gasteiger partial charge in [0.05, 0.1) is 17.4 Å². The fraction of sp³-hybridized carbons (Fsp3) is 0.250. The van der Waals surface area contributed by atoms with Crippen molar-refractivity contribution in [2.45, 2.75) is 19.8 Å². The number of hydrogen-bond acceptors (Lipinski definition) is 3. The Hall–Kier alpha value is -2.36. The summed E-state index contributed by atoms with van der Waals surface area (Å²) < 4.78 is 0. The molecule has 104 valence electrons. The molecule has 1 aromatic carbocycles. The molecule has 0 radical (unpaired) electrons. The van der Waals surface area contributed by atoms with Crippen molar-refractivity contribution >= 4 is 17.3 Å². The van der Waals surface area contributed by atoms with E-state index in [2.05, 4.69) is 22.5 Å². The van der Waals surface area contributed by atoms with Gasteiger partial charge in [0, 0.05) is 18.4 Å². The average Bonchev–Trinajstić information content (AvgIpc) is 2.49. The molecule has 0 spiro atoms. The lowest BCUT2D eigenvalue weighted by Gasteiger charge is -2.08. The molecular formula is C16H19N3O. The first-order valence-corrected chi connectivity index (χ1v) is 6.85. The molecule has 4 heteroatoms. The van der Waals surface area contributed by atoms with Crippen LogP contribution in [0.25, 0.3) is 0 Å². The van der Waals surface area contributed by atoms with Crippen LogP contribution in [0.2, 0.25) is 0 Å². The van der Waals surface area contributed by atoms with Crippen LogP contribution in [-0.2, 0) is 0 Å². The van der Waals surface area contributed by atoms with Crippen LogP contribution in [0.3, 0.4) is 0 Å². The van der Waals surface area contributed by atoms with Gasteiger partial charge in [-0.15, -0.1) is 0 Å². The molecule has 0 aliphatic carbocycles. The Labute approximate surface area is 119 Å². The van der Waals surface area contributed by atoms with Crippen molar-refractivity contribution in [1.82, 2.24) is 10.3 Å². The van der Waals surface area contributed by atoms with Gasteiger partial charge in [0.15, 0.2) is 0 Å². The van der Waals surface area contributed by atoms with E-state index in [-0.39, 0.29) is 5.91 Å². The number of nitrogens with one attached hydrogen (secondary N) is 2. The lowest BCUT2D eigenvalue weighted by molar-refractivity contribution is 0.0953. The van der Waals surface area contributed by atoms with E-state index >= 15 is 0 Å². The molecule has 1 amide bonds. The topological polar surface area (TPSA) is 54.0 Å². The fourth-order valence-electron chi connectivity index (χ4n) is 1.80. The van der Waals surface area contributed by atoms with Crippen molar-refractivity contribution in [3.05, 3.63) is 54.4 Å². The Balaban J connectivity index is 2.02. The van der Waals surface area contributed by atoms with Gasteiger partial charge in [-0.05, 0) is 24.6 Å². The third-order valence-electron chi connectivity index (χ3n) is 2.88. The molecule has 4 nitrogen and oxygen atoms in total. The van der Waals surface area contributed by atoms with Crippen LogP contribution in [0, 0.1) is 0 Å². The monoisotopic (exact) mass is 269 g/mol. The normalized spacial score (nSPS) is 10.1. The third kappa shape index (κ3) is 4.09. The van der Waals surface area contributed by atoms with Crippen LogP contribution in [0.4, 0.5) is 11.4 Å². The third-order valence-corrected chi connectivity index (χ3v) is 2.88. The lowest BCUT2D eigenvalue weighted by atomic mass is 10.2. The summed E-state index contributed by atoms with van der Waals surface area (Å²) in [5.74, 6) is -0.0809. The van der Waals surface area contributed by atoms with Crippen molar-refractivity contribution in [3.8, 4) is 0 Å². The molecule has 0 saturated carbocycles. The van der Waals surface area contributed by atoms with E-state index < -0.39 is 0 Å². The number of para-hydroxylation sites is 1. The molecular weight excluding hydrogens is 250 g/mol. The summed E-state index contributed by atoms with van der Waals surface area (Å²) in [4.78, 5) is 16.1. The first-order chi connectivity index (χ1) is 9.79. The predicted molar refractivity (Wildman–Crippen MR) is 81.2 cm³/mol. The highest BCUT2D eigenvalue weighted by Gasteiger charge is 2.06. The van der Waals surface area contributed by atoms with Gasteiger partial charge >= 0.3 is 0 Å². The summed E-state index contributed by atoms with van der Waals surface area (Å²) >= 11 is 0. The second kappa shape index (κ2) is 7.28. The maximum Gasteiger partial charge on any atom is 0.252 e. The number of rotatable bonds is 6. The van der Waals surface area contributed by atoms with Crippen molar-refractivity contribution in [2.24, 2.45) is 0 Å². The SMILES string of the molecule is CCCCNC(=O)c1cncc(Nc2ccccc2)c1. The van der Waals surface area contributed by atoms with E-state index in [4.69, 9.17) is 0 Å². The molecule has 0 bridgehead atoms. The molecule has 0 unspecified atom stereocenters. The van der Waals surface area contributed by atoms with Crippen LogP contribution in [0.15, 0.2) is 48.8 Å². The van der Waals surface area contributed by atoms with Gasteiger partial charge in [-0.1, -0.05) is 31.5 Å². The summed E-state index contributed by atoms with van der Waals surface area (Å²) in [5.41, 5.74) is 2.35. The van der Waals surface area contributed by atoms with E-state index in [9.17, 15) is 4.79 Å². The van der Waals surface area contributed by atoms with Gasteiger partial charge < -0.3 is 10.6 Å². The number of carbonyl (C=O) groups is 1. The molecule has 0 aliphatic rings. The zero-order valence-corrected chi connectivity index (χ0v) is 11.6. The minimum absolute atomic E-state index is 0.0809. The Morgan fingerprint density at radius 1 is 1.15 bits per heavy atom. The van der Waals surface area contributed by atoms with Gasteiger partial charge in [0.1, 0.15) is 0 Å². The van der Waals surface area contributed by atoms with E-state index in [1.54, 1.807) is 18.5 Å².